The van der Waals surface area contributed by atoms with Gasteiger partial charge in [0.2, 0.25) is 6.29 Å². The Kier molecular flexibility index (Phi) is 5.63. The standard InChI is InChI=1S/C23H28O10/c1-10(24)31-14-8-13(20(28)30-4)22(2)6-5-12-21(29)32-15(11-7-16(25)33-19(11)27)9-23(12,3)18(22)17(14)26/h7,12-16,18,25H,5-6,8-9H2,1-4H3. The Labute approximate surface area is 190 Å². The van der Waals surface area contributed by atoms with Gasteiger partial charge in [-0.1, -0.05) is 13.8 Å². The van der Waals surface area contributed by atoms with Crippen LogP contribution in [-0.4, -0.2) is 60.4 Å². The van der Waals surface area contributed by atoms with Crippen molar-refractivity contribution in [2.75, 3.05) is 7.11 Å². The molecular weight excluding hydrogens is 436 g/mol. The quantitative estimate of drug-likeness (QED) is 0.471. The highest BCUT2D eigenvalue weighted by atomic mass is 16.6. The first kappa shape index (κ1) is 23.4. The Balaban J connectivity index is 1.78. The molecule has 4 aliphatic rings. The molecule has 8 unspecified atom stereocenters. The Morgan fingerprint density at radius 2 is 1.85 bits per heavy atom. The van der Waals surface area contributed by atoms with Gasteiger partial charge in [0.1, 0.15) is 6.10 Å². The van der Waals surface area contributed by atoms with E-state index in [4.69, 9.17) is 18.9 Å². The van der Waals surface area contributed by atoms with Crippen molar-refractivity contribution in [3.05, 3.63) is 11.6 Å². The second kappa shape index (κ2) is 7.93. The maximum atomic E-state index is 13.7. The maximum absolute atomic E-state index is 13.7. The van der Waals surface area contributed by atoms with E-state index in [1.165, 1.54) is 20.1 Å². The summed E-state index contributed by atoms with van der Waals surface area (Å²) in [5.74, 6) is -5.04. The first-order valence-corrected chi connectivity index (χ1v) is 11.0. The van der Waals surface area contributed by atoms with Gasteiger partial charge in [-0.05, 0) is 36.2 Å². The lowest BCUT2D eigenvalue weighted by Crippen LogP contribution is -2.65. The number of ketones is 1. The Morgan fingerprint density at radius 3 is 2.42 bits per heavy atom. The minimum absolute atomic E-state index is 0.0103. The third-order valence-electron chi connectivity index (χ3n) is 8.03. The molecule has 0 aromatic rings. The van der Waals surface area contributed by atoms with Crippen LogP contribution >= 0.6 is 0 Å². The van der Waals surface area contributed by atoms with E-state index in [1.54, 1.807) is 6.92 Å². The maximum Gasteiger partial charge on any atom is 0.340 e. The number of cyclic esters (lactones) is 2. The van der Waals surface area contributed by atoms with E-state index in [1.807, 2.05) is 6.92 Å². The summed E-state index contributed by atoms with van der Waals surface area (Å²) in [6.07, 6.45) is -1.48. The smallest absolute Gasteiger partial charge is 0.340 e. The van der Waals surface area contributed by atoms with Gasteiger partial charge in [0.05, 0.1) is 24.5 Å². The molecule has 3 fully saturated rings. The van der Waals surface area contributed by atoms with Crippen LogP contribution in [0, 0.1) is 28.6 Å². The van der Waals surface area contributed by atoms with E-state index in [2.05, 4.69) is 0 Å². The lowest BCUT2D eigenvalue weighted by molar-refractivity contribution is -0.207. The number of hydrogen-bond donors (Lipinski definition) is 1. The van der Waals surface area contributed by atoms with Crippen molar-refractivity contribution in [2.45, 2.75) is 65.0 Å². The Morgan fingerprint density at radius 1 is 1.15 bits per heavy atom. The predicted octanol–water partition coefficient (Wildman–Crippen LogP) is 0.836. The zero-order chi connectivity index (χ0) is 24.3. The third-order valence-corrected chi connectivity index (χ3v) is 8.03. The molecule has 0 spiro atoms. The first-order chi connectivity index (χ1) is 15.4. The van der Waals surface area contributed by atoms with Crippen LogP contribution in [0.3, 0.4) is 0 Å². The molecule has 0 amide bonds. The second-order valence-corrected chi connectivity index (χ2v) is 9.90. The summed E-state index contributed by atoms with van der Waals surface area (Å²) in [7, 11) is 1.27. The zero-order valence-corrected chi connectivity index (χ0v) is 19.0. The number of carbonyl (C=O) groups excluding carboxylic acids is 5. The highest BCUT2D eigenvalue weighted by molar-refractivity contribution is 5.95. The van der Waals surface area contributed by atoms with Crippen LogP contribution in [0.4, 0.5) is 0 Å². The summed E-state index contributed by atoms with van der Waals surface area (Å²) in [6.45, 7) is 4.81. The molecule has 2 aliphatic carbocycles. The lowest BCUT2D eigenvalue weighted by Gasteiger charge is -2.61. The zero-order valence-electron chi connectivity index (χ0n) is 19.0. The fourth-order valence-corrected chi connectivity index (χ4v) is 6.67. The van der Waals surface area contributed by atoms with Crippen LogP contribution in [0.2, 0.25) is 0 Å². The number of rotatable bonds is 3. The molecule has 2 aliphatic heterocycles. The molecule has 8 atom stereocenters. The molecule has 1 N–H and O–H groups in total. The van der Waals surface area contributed by atoms with Crippen molar-refractivity contribution >= 4 is 29.7 Å². The number of fused-ring (bicyclic) bond motifs is 3. The van der Waals surface area contributed by atoms with Crippen molar-refractivity contribution in [1.29, 1.82) is 0 Å². The molecule has 180 valence electrons. The van der Waals surface area contributed by atoms with Gasteiger partial charge in [0, 0.05) is 19.3 Å². The van der Waals surface area contributed by atoms with Crippen LogP contribution in [0.5, 0.6) is 0 Å². The van der Waals surface area contributed by atoms with Crippen LogP contribution in [0.25, 0.3) is 0 Å². The molecule has 10 nitrogen and oxygen atoms in total. The van der Waals surface area contributed by atoms with Crippen molar-refractivity contribution in [3.8, 4) is 0 Å². The predicted molar refractivity (Wildman–Crippen MR) is 108 cm³/mol. The minimum atomic E-state index is -1.43. The van der Waals surface area contributed by atoms with Crippen molar-refractivity contribution in [3.63, 3.8) is 0 Å². The summed E-state index contributed by atoms with van der Waals surface area (Å²) < 4.78 is 20.6. The van der Waals surface area contributed by atoms with Gasteiger partial charge in [-0.3, -0.25) is 19.2 Å². The summed E-state index contributed by atoms with van der Waals surface area (Å²) in [6, 6.07) is 0. The largest absolute Gasteiger partial charge is 0.469 e. The fourth-order valence-electron chi connectivity index (χ4n) is 6.67. The van der Waals surface area contributed by atoms with Gasteiger partial charge >= 0.3 is 23.9 Å². The van der Waals surface area contributed by atoms with Gasteiger partial charge < -0.3 is 24.1 Å². The average molecular weight is 464 g/mol. The van der Waals surface area contributed by atoms with Crippen LogP contribution in [-0.2, 0) is 42.9 Å². The first-order valence-electron chi connectivity index (χ1n) is 11.0. The number of methoxy groups -OCH3 is 1. The van der Waals surface area contributed by atoms with Crippen molar-refractivity contribution in [2.24, 2.45) is 28.6 Å². The van der Waals surface area contributed by atoms with E-state index in [0.717, 1.165) is 0 Å². The molecule has 0 radical (unpaired) electrons. The van der Waals surface area contributed by atoms with Gasteiger partial charge in [0.15, 0.2) is 11.9 Å². The Bertz CT molecular complexity index is 953. The molecule has 0 bridgehead atoms. The van der Waals surface area contributed by atoms with Crippen molar-refractivity contribution in [1.82, 2.24) is 0 Å². The summed E-state index contributed by atoms with van der Waals surface area (Å²) in [5, 5.41) is 9.66. The number of Topliss-reactive ketones (excluding diaryl/α,β-unsaturated/α-hetero) is 1. The van der Waals surface area contributed by atoms with Gasteiger partial charge in [0.25, 0.3) is 0 Å². The molecule has 2 saturated carbocycles. The highest BCUT2D eigenvalue weighted by Gasteiger charge is 2.68. The molecule has 33 heavy (non-hydrogen) atoms. The molecular formula is C23H28O10. The SMILES string of the molecule is COC(=O)C1CC(OC(C)=O)C(=O)C2C1(C)CCC1C(=O)OC(C3=CC(O)OC3=O)CC12C. The van der Waals surface area contributed by atoms with Crippen LogP contribution in [0.15, 0.2) is 11.6 Å². The van der Waals surface area contributed by atoms with E-state index in [9.17, 15) is 29.1 Å². The van der Waals surface area contributed by atoms with E-state index in [0.29, 0.717) is 12.8 Å². The van der Waals surface area contributed by atoms with E-state index in [-0.39, 0.29) is 24.2 Å². The van der Waals surface area contributed by atoms with Gasteiger partial charge in [-0.25, -0.2) is 4.79 Å². The normalized spacial score (nSPS) is 42.3. The lowest BCUT2D eigenvalue weighted by atomic mass is 9.43. The monoisotopic (exact) mass is 464 g/mol. The topological polar surface area (TPSA) is 143 Å². The number of carbonyl (C=O) groups is 5. The molecule has 0 aromatic heterocycles. The summed E-state index contributed by atoms with van der Waals surface area (Å²) in [4.78, 5) is 63.5. The fraction of sp³-hybridized carbons (Fsp3) is 0.696. The second-order valence-electron chi connectivity index (χ2n) is 9.90. The van der Waals surface area contributed by atoms with Gasteiger partial charge in [-0.15, -0.1) is 0 Å². The molecule has 2 heterocycles. The highest BCUT2D eigenvalue weighted by Crippen LogP contribution is 2.64. The number of aliphatic hydroxyl groups excluding tert-OH is 1. The van der Waals surface area contributed by atoms with E-state index < -0.39 is 71.0 Å². The number of esters is 4. The summed E-state index contributed by atoms with van der Waals surface area (Å²) >= 11 is 0. The molecule has 10 heteroatoms. The van der Waals surface area contributed by atoms with Crippen LogP contribution in [0.1, 0.15) is 46.5 Å². The summed E-state index contributed by atoms with van der Waals surface area (Å²) in [5.41, 5.74) is -1.82. The minimum Gasteiger partial charge on any atom is -0.469 e. The average Bonchev–Trinajstić information content (AvgIpc) is 3.06. The van der Waals surface area contributed by atoms with Gasteiger partial charge in [-0.2, -0.15) is 0 Å². The number of aliphatic hydroxyl groups is 1. The number of ether oxygens (including phenoxy) is 4. The van der Waals surface area contributed by atoms with Crippen molar-refractivity contribution < 1.29 is 48.0 Å². The van der Waals surface area contributed by atoms with Crippen LogP contribution < -0.4 is 0 Å². The number of hydrogen-bond acceptors (Lipinski definition) is 10. The third kappa shape index (κ3) is 3.55. The Hall–Kier alpha value is -2.75. The molecule has 1 saturated heterocycles. The van der Waals surface area contributed by atoms with E-state index >= 15 is 0 Å². The molecule has 4 rings (SSSR count). The molecule has 0 aromatic carbocycles.